The fourth-order valence-corrected chi connectivity index (χ4v) is 0.966. The standard InChI is InChI=1S/C5H10INO/c1-2-3-5(4-6)7-8/h8H,2-4H2,1H3/b7-5-. The quantitative estimate of drug-likeness (QED) is 0.258. The molecule has 48 valence electrons. The molecule has 0 aromatic rings. The molecule has 0 fully saturated rings. The van der Waals surface area contributed by atoms with Gasteiger partial charge in [0.2, 0.25) is 0 Å². The summed E-state index contributed by atoms with van der Waals surface area (Å²) in [5.41, 5.74) is 0.883. The van der Waals surface area contributed by atoms with Crippen LogP contribution in [0.3, 0.4) is 0 Å². The van der Waals surface area contributed by atoms with Crippen LogP contribution in [0.15, 0.2) is 5.16 Å². The summed E-state index contributed by atoms with van der Waals surface area (Å²) in [5, 5.41) is 11.3. The fourth-order valence-electron chi connectivity index (χ4n) is 0.432. The van der Waals surface area contributed by atoms with Crippen LogP contribution in [0.2, 0.25) is 0 Å². The molecule has 0 aromatic carbocycles. The van der Waals surface area contributed by atoms with Crippen LogP contribution in [0.25, 0.3) is 0 Å². The van der Waals surface area contributed by atoms with E-state index in [2.05, 4.69) is 34.7 Å². The van der Waals surface area contributed by atoms with E-state index in [1.807, 2.05) is 0 Å². The Hall–Kier alpha value is 0.200. The summed E-state index contributed by atoms with van der Waals surface area (Å²) in [5.74, 6) is 0. The lowest BCUT2D eigenvalue weighted by atomic mass is 10.2. The fraction of sp³-hybridized carbons (Fsp3) is 0.800. The first-order chi connectivity index (χ1) is 3.85. The molecule has 0 aliphatic rings. The number of oxime groups is 1. The average molecular weight is 227 g/mol. The van der Waals surface area contributed by atoms with Crippen LogP contribution < -0.4 is 0 Å². The van der Waals surface area contributed by atoms with Gasteiger partial charge in [-0.3, -0.25) is 0 Å². The third-order valence-corrected chi connectivity index (χ3v) is 1.71. The minimum absolute atomic E-state index is 0.835. The van der Waals surface area contributed by atoms with Crippen molar-refractivity contribution in [3.63, 3.8) is 0 Å². The van der Waals surface area contributed by atoms with Crippen LogP contribution in [0.5, 0.6) is 0 Å². The van der Waals surface area contributed by atoms with Crippen molar-refractivity contribution >= 4 is 28.3 Å². The molecule has 0 unspecified atom stereocenters. The van der Waals surface area contributed by atoms with Crippen LogP contribution in [-0.2, 0) is 0 Å². The molecular weight excluding hydrogens is 217 g/mol. The summed E-state index contributed by atoms with van der Waals surface area (Å²) in [6.07, 6.45) is 1.97. The first-order valence-electron chi connectivity index (χ1n) is 2.61. The van der Waals surface area contributed by atoms with Crippen molar-refractivity contribution in [2.45, 2.75) is 19.8 Å². The maximum absolute atomic E-state index is 8.24. The van der Waals surface area contributed by atoms with Gasteiger partial charge in [0.1, 0.15) is 0 Å². The number of alkyl halides is 1. The predicted octanol–water partition coefficient (Wildman–Crippen LogP) is 2.05. The second kappa shape index (κ2) is 5.34. The third-order valence-electron chi connectivity index (χ3n) is 0.834. The van der Waals surface area contributed by atoms with Gasteiger partial charge in [0.15, 0.2) is 0 Å². The van der Waals surface area contributed by atoms with Crippen molar-refractivity contribution in [2.24, 2.45) is 5.16 Å². The minimum atomic E-state index is 0.835. The van der Waals surface area contributed by atoms with Gasteiger partial charge in [-0.25, -0.2) is 0 Å². The Bertz CT molecular complexity index is 82.5. The zero-order valence-electron chi connectivity index (χ0n) is 4.89. The minimum Gasteiger partial charge on any atom is -0.411 e. The van der Waals surface area contributed by atoms with E-state index in [4.69, 9.17) is 5.21 Å². The van der Waals surface area contributed by atoms with Crippen LogP contribution in [0.4, 0.5) is 0 Å². The molecule has 0 atom stereocenters. The molecule has 8 heavy (non-hydrogen) atoms. The molecule has 0 spiro atoms. The maximum Gasteiger partial charge on any atom is 0.0667 e. The van der Waals surface area contributed by atoms with Gasteiger partial charge >= 0.3 is 0 Å². The normalized spacial score (nSPS) is 12.0. The molecule has 0 aromatic heterocycles. The van der Waals surface area contributed by atoms with Crippen molar-refractivity contribution in [1.82, 2.24) is 0 Å². The third kappa shape index (κ3) is 3.23. The zero-order chi connectivity index (χ0) is 6.41. The Morgan fingerprint density at radius 2 is 2.38 bits per heavy atom. The van der Waals surface area contributed by atoms with Crippen LogP contribution in [0.1, 0.15) is 19.8 Å². The highest BCUT2D eigenvalue weighted by Crippen LogP contribution is 1.95. The van der Waals surface area contributed by atoms with Gasteiger partial charge in [-0.05, 0) is 6.42 Å². The number of hydrogen-bond donors (Lipinski definition) is 1. The van der Waals surface area contributed by atoms with Crippen molar-refractivity contribution in [1.29, 1.82) is 0 Å². The van der Waals surface area contributed by atoms with Crippen LogP contribution in [-0.4, -0.2) is 15.3 Å². The van der Waals surface area contributed by atoms with Crippen molar-refractivity contribution < 1.29 is 5.21 Å². The molecule has 0 aliphatic carbocycles. The van der Waals surface area contributed by atoms with E-state index in [0.29, 0.717) is 0 Å². The van der Waals surface area contributed by atoms with E-state index in [0.717, 1.165) is 23.0 Å². The topological polar surface area (TPSA) is 32.6 Å². The van der Waals surface area contributed by atoms with Crippen molar-refractivity contribution in [3.8, 4) is 0 Å². The summed E-state index contributed by atoms with van der Waals surface area (Å²) < 4.78 is 0.835. The number of halogens is 1. The van der Waals surface area contributed by atoms with Gasteiger partial charge < -0.3 is 5.21 Å². The number of nitrogens with zero attached hydrogens (tertiary/aromatic N) is 1. The highest BCUT2D eigenvalue weighted by Gasteiger charge is 1.92. The predicted molar refractivity (Wildman–Crippen MR) is 43.0 cm³/mol. The first kappa shape index (κ1) is 8.20. The summed E-state index contributed by atoms with van der Waals surface area (Å²) in [7, 11) is 0. The molecule has 2 nitrogen and oxygen atoms in total. The average Bonchev–Trinajstić information content (AvgIpc) is 1.83. The summed E-state index contributed by atoms with van der Waals surface area (Å²) >= 11 is 2.18. The molecule has 0 radical (unpaired) electrons. The van der Waals surface area contributed by atoms with Gasteiger partial charge in [0.25, 0.3) is 0 Å². The highest BCUT2D eigenvalue weighted by atomic mass is 127. The molecule has 0 rings (SSSR count). The molecule has 0 amide bonds. The molecule has 3 heteroatoms. The molecule has 0 saturated carbocycles. The van der Waals surface area contributed by atoms with E-state index in [9.17, 15) is 0 Å². The Labute approximate surface area is 63.1 Å². The van der Waals surface area contributed by atoms with E-state index in [1.54, 1.807) is 0 Å². The second-order valence-electron chi connectivity index (χ2n) is 1.55. The van der Waals surface area contributed by atoms with Gasteiger partial charge in [-0.15, -0.1) is 0 Å². The van der Waals surface area contributed by atoms with E-state index in [-0.39, 0.29) is 0 Å². The van der Waals surface area contributed by atoms with E-state index >= 15 is 0 Å². The van der Waals surface area contributed by atoms with Gasteiger partial charge in [-0.2, -0.15) is 0 Å². The smallest absolute Gasteiger partial charge is 0.0667 e. The van der Waals surface area contributed by atoms with Crippen molar-refractivity contribution in [2.75, 3.05) is 4.43 Å². The molecule has 1 N–H and O–H groups in total. The maximum atomic E-state index is 8.24. The number of rotatable bonds is 3. The van der Waals surface area contributed by atoms with Crippen LogP contribution in [0, 0.1) is 0 Å². The van der Waals surface area contributed by atoms with Gasteiger partial charge in [0.05, 0.1) is 5.71 Å². The Kier molecular flexibility index (Phi) is 5.47. The van der Waals surface area contributed by atoms with Gasteiger partial charge in [0, 0.05) is 4.43 Å². The van der Waals surface area contributed by atoms with E-state index < -0.39 is 0 Å². The molecule has 0 aliphatic heterocycles. The summed E-state index contributed by atoms with van der Waals surface area (Å²) in [6.45, 7) is 2.07. The van der Waals surface area contributed by atoms with Gasteiger partial charge in [-0.1, -0.05) is 41.1 Å². The summed E-state index contributed by atoms with van der Waals surface area (Å²) in [4.78, 5) is 0. The largest absolute Gasteiger partial charge is 0.411 e. The lowest BCUT2D eigenvalue weighted by molar-refractivity contribution is 0.317. The van der Waals surface area contributed by atoms with Crippen molar-refractivity contribution in [3.05, 3.63) is 0 Å². The lowest BCUT2D eigenvalue weighted by Crippen LogP contribution is -1.97. The SMILES string of the molecule is CCC/C(CI)=N/O. The zero-order valence-corrected chi connectivity index (χ0v) is 7.05. The summed E-state index contributed by atoms with van der Waals surface area (Å²) in [6, 6.07) is 0. The Morgan fingerprint density at radius 3 is 2.50 bits per heavy atom. The van der Waals surface area contributed by atoms with E-state index in [1.165, 1.54) is 0 Å². The lowest BCUT2D eigenvalue weighted by Gasteiger charge is -1.92. The Balaban J connectivity index is 3.38. The second-order valence-corrected chi connectivity index (χ2v) is 2.31. The Morgan fingerprint density at radius 1 is 1.75 bits per heavy atom. The number of hydrogen-bond acceptors (Lipinski definition) is 2. The monoisotopic (exact) mass is 227 g/mol. The highest BCUT2D eigenvalue weighted by molar-refractivity contribution is 14.1. The molecular formula is C5H10INO. The molecule has 0 heterocycles. The molecule has 0 bridgehead atoms. The van der Waals surface area contributed by atoms with Crippen LogP contribution >= 0.6 is 22.6 Å². The molecule has 0 saturated heterocycles. The first-order valence-corrected chi connectivity index (χ1v) is 4.13.